The molecule has 298 valence electrons. The van der Waals surface area contributed by atoms with Crippen molar-refractivity contribution in [3.8, 4) is 0 Å². The van der Waals surface area contributed by atoms with Crippen LogP contribution in [0.2, 0.25) is 5.02 Å². The molecular weight excluding hydrogens is 698 g/mol. The molecule has 0 heterocycles. The van der Waals surface area contributed by atoms with Gasteiger partial charge in [0.05, 0.1) is 29.9 Å². The summed E-state index contributed by atoms with van der Waals surface area (Å²) in [5.74, 6) is 0.114. The SMILES string of the molecule is CC(C)C1=C2[C@H]3CC[C@@H]4[C@@]5(C)CC[C@H](OC(=O)CC(C)(C)C(=O)O)C(C)(C)[C@@H]5CC[C@@]4(C)[C@]3(C)CC[C@@]2(C(=O)CNC2(c3ccc(Cl)cc3)CC2)CC1O. The number of benzene rings is 1. The molecule has 1 unspecified atom stereocenters. The fourth-order valence-corrected chi connectivity index (χ4v) is 14.0. The Morgan fingerprint density at radius 2 is 1.56 bits per heavy atom. The predicted molar refractivity (Wildman–Crippen MR) is 212 cm³/mol. The highest BCUT2D eigenvalue weighted by Crippen LogP contribution is 2.77. The van der Waals surface area contributed by atoms with Crippen molar-refractivity contribution < 1.29 is 29.3 Å². The maximum atomic E-state index is 14.9. The van der Waals surface area contributed by atoms with Crippen LogP contribution in [0.1, 0.15) is 145 Å². The highest BCUT2D eigenvalue weighted by Gasteiger charge is 2.71. The van der Waals surface area contributed by atoms with Crippen LogP contribution in [0.25, 0.3) is 0 Å². The van der Waals surface area contributed by atoms with Crippen molar-refractivity contribution in [2.24, 2.45) is 56.2 Å². The number of esters is 1. The number of ether oxygens (including phenoxy) is 1. The van der Waals surface area contributed by atoms with Gasteiger partial charge < -0.3 is 20.3 Å². The topological polar surface area (TPSA) is 113 Å². The van der Waals surface area contributed by atoms with Crippen LogP contribution in [0.3, 0.4) is 0 Å². The number of ketones is 1. The molecule has 0 spiro atoms. The van der Waals surface area contributed by atoms with E-state index in [2.05, 4.69) is 65.9 Å². The number of carbonyl (C=O) groups is 3. The van der Waals surface area contributed by atoms with Gasteiger partial charge in [-0.2, -0.15) is 0 Å². The van der Waals surface area contributed by atoms with E-state index in [1.165, 1.54) is 11.1 Å². The monoisotopic (exact) mass is 763 g/mol. The zero-order valence-electron chi connectivity index (χ0n) is 34.4. The smallest absolute Gasteiger partial charge is 0.309 e. The summed E-state index contributed by atoms with van der Waals surface area (Å²) in [5, 5.41) is 25.9. The maximum Gasteiger partial charge on any atom is 0.309 e. The minimum atomic E-state index is -1.17. The number of fused-ring (bicyclic) bond motifs is 7. The van der Waals surface area contributed by atoms with E-state index in [0.29, 0.717) is 29.8 Å². The molecule has 0 saturated heterocycles. The Morgan fingerprint density at radius 1 is 0.889 bits per heavy atom. The number of Topliss-reactive ketones (excluding diaryl/α,β-unsaturated/α-hetero) is 1. The molecule has 1 aromatic rings. The van der Waals surface area contributed by atoms with Gasteiger partial charge in [-0.25, -0.2) is 0 Å². The number of aliphatic hydroxyl groups excluding tert-OH is 1. The molecule has 6 aliphatic carbocycles. The Balaban J connectivity index is 1.15. The number of aliphatic carboxylic acids is 1. The molecule has 0 aliphatic heterocycles. The van der Waals surface area contributed by atoms with E-state index in [0.717, 1.165) is 69.8 Å². The molecule has 1 aromatic carbocycles. The Kier molecular flexibility index (Phi) is 9.75. The fourth-order valence-electron chi connectivity index (χ4n) is 13.9. The number of rotatable bonds is 10. The molecule has 0 amide bonds. The van der Waals surface area contributed by atoms with Gasteiger partial charge in [-0.3, -0.25) is 14.4 Å². The Bertz CT molecular complexity index is 1730. The van der Waals surface area contributed by atoms with Gasteiger partial charge in [0.1, 0.15) is 6.10 Å². The molecular formula is C46H66ClNO6. The zero-order chi connectivity index (χ0) is 39.4. The van der Waals surface area contributed by atoms with Gasteiger partial charge >= 0.3 is 11.9 Å². The van der Waals surface area contributed by atoms with Crippen molar-refractivity contribution in [2.75, 3.05) is 6.54 Å². The summed E-state index contributed by atoms with van der Waals surface area (Å²) in [6.07, 6.45) is 9.31. The highest BCUT2D eigenvalue weighted by molar-refractivity contribution is 6.30. The number of nitrogens with one attached hydrogen (secondary N) is 1. The number of hydrogen-bond acceptors (Lipinski definition) is 6. The van der Waals surface area contributed by atoms with E-state index >= 15 is 0 Å². The van der Waals surface area contributed by atoms with Gasteiger partial charge in [-0.05, 0) is 148 Å². The zero-order valence-corrected chi connectivity index (χ0v) is 35.1. The Morgan fingerprint density at radius 3 is 2.17 bits per heavy atom. The molecule has 5 saturated carbocycles. The average molecular weight is 764 g/mol. The lowest BCUT2D eigenvalue weighted by Crippen LogP contribution is -2.66. The Hall–Kier alpha value is -2.22. The summed E-state index contributed by atoms with van der Waals surface area (Å²) in [5.41, 5.74) is 1.50. The molecule has 7 nitrogen and oxygen atoms in total. The second kappa shape index (κ2) is 13.2. The molecule has 6 aliphatic rings. The summed E-state index contributed by atoms with van der Waals surface area (Å²) in [6.45, 7) is 20.1. The summed E-state index contributed by atoms with van der Waals surface area (Å²) < 4.78 is 6.18. The maximum absolute atomic E-state index is 14.9. The van der Waals surface area contributed by atoms with E-state index < -0.39 is 28.9 Å². The number of carboxylic acid groups (broad SMARTS) is 1. The van der Waals surface area contributed by atoms with Crippen LogP contribution in [0.5, 0.6) is 0 Å². The first kappa shape index (κ1) is 40.0. The van der Waals surface area contributed by atoms with Crippen molar-refractivity contribution in [1.29, 1.82) is 0 Å². The third-order valence-electron chi connectivity index (χ3n) is 17.3. The minimum Gasteiger partial charge on any atom is -0.481 e. The average Bonchev–Trinajstić information content (AvgIpc) is 3.80. The summed E-state index contributed by atoms with van der Waals surface area (Å²) in [6, 6.07) is 8.02. The largest absolute Gasteiger partial charge is 0.481 e. The number of allylic oxidation sites excluding steroid dienone is 1. The third kappa shape index (κ3) is 5.89. The lowest BCUT2D eigenvalue weighted by Gasteiger charge is -2.72. The number of carbonyl (C=O) groups excluding carboxylic acids is 2. The van der Waals surface area contributed by atoms with Gasteiger partial charge in [0, 0.05) is 16.0 Å². The number of carboxylic acids is 1. The number of hydrogen-bond donors (Lipinski definition) is 3. The molecule has 0 bridgehead atoms. The van der Waals surface area contributed by atoms with Gasteiger partial charge in [0.2, 0.25) is 0 Å². The summed E-state index contributed by atoms with van der Waals surface area (Å²) >= 11 is 6.21. The number of halogens is 1. The number of aliphatic hydroxyl groups is 1. The van der Waals surface area contributed by atoms with E-state index in [4.69, 9.17) is 16.3 Å². The molecule has 3 N–H and O–H groups in total. The van der Waals surface area contributed by atoms with Gasteiger partial charge in [-0.1, -0.05) is 77.8 Å². The van der Waals surface area contributed by atoms with Crippen molar-refractivity contribution >= 4 is 29.3 Å². The fraction of sp³-hybridized carbons (Fsp3) is 0.761. The van der Waals surface area contributed by atoms with E-state index in [9.17, 15) is 24.6 Å². The van der Waals surface area contributed by atoms with Crippen LogP contribution < -0.4 is 5.32 Å². The second-order valence-corrected chi connectivity index (χ2v) is 21.4. The normalized spacial score (nSPS) is 39.2. The molecule has 0 radical (unpaired) electrons. The molecule has 7 rings (SSSR count). The highest BCUT2D eigenvalue weighted by atomic mass is 35.5. The first-order chi connectivity index (χ1) is 25.1. The van der Waals surface area contributed by atoms with Crippen LogP contribution >= 0.6 is 11.6 Å². The molecule has 5 fully saturated rings. The van der Waals surface area contributed by atoms with Crippen molar-refractivity contribution in [1.82, 2.24) is 5.32 Å². The lowest BCUT2D eigenvalue weighted by atomic mass is 9.33. The van der Waals surface area contributed by atoms with E-state index in [1.54, 1.807) is 13.8 Å². The summed E-state index contributed by atoms with van der Waals surface area (Å²) in [7, 11) is 0. The van der Waals surface area contributed by atoms with Crippen molar-refractivity contribution in [3.05, 3.63) is 46.0 Å². The van der Waals surface area contributed by atoms with Gasteiger partial charge in [0.25, 0.3) is 0 Å². The standard InChI is InChI=1S/C46H66ClNO6/c1-27(2)37-31(49)24-45(34(50)26-48-46(22-23-46)28-10-12-29(47)13-11-28)21-20-43(8)30(38(37)45)14-15-33-42(7)18-17-35(54-36(51)25-40(3,4)39(52)53)41(5,6)32(42)16-19-44(33,43)9/h10-13,27,30-33,35,48-49H,14-26H2,1-9H3,(H,52,53)/t30-,31?,32+,33-,35+,42+,43-,44-,45+/m1/s1. The molecule has 0 aromatic heterocycles. The van der Waals surface area contributed by atoms with E-state index in [1.807, 2.05) is 12.1 Å². The predicted octanol–water partition coefficient (Wildman–Crippen LogP) is 9.67. The van der Waals surface area contributed by atoms with Crippen LogP contribution in [0.4, 0.5) is 0 Å². The molecule has 9 atom stereocenters. The van der Waals surface area contributed by atoms with Crippen molar-refractivity contribution in [3.63, 3.8) is 0 Å². The quantitative estimate of drug-likeness (QED) is 0.161. The van der Waals surface area contributed by atoms with Gasteiger partial charge in [-0.15, -0.1) is 0 Å². The minimum absolute atomic E-state index is 0.0163. The Labute approximate surface area is 328 Å². The summed E-state index contributed by atoms with van der Waals surface area (Å²) in [4.78, 5) is 39.7. The first-order valence-corrected chi connectivity index (χ1v) is 21.4. The van der Waals surface area contributed by atoms with Crippen LogP contribution in [0, 0.1) is 56.2 Å². The van der Waals surface area contributed by atoms with Gasteiger partial charge in [0.15, 0.2) is 5.78 Å². The van der Waals surface area contributed by atoms with Crippen LogP contribution in [-0.4, -0.2) is 46.7 Å². The van der Waals surface area contributed by atoms with Crippen LogP contribution in [-0.2, 0) is 24.7 Å². The van der Waals surface area contributed by atoms with Crippen molar-refractivity contribution in [2.45, 2.75) is 157 Å². The first-order valence-electron chi connectivity index (χ1n) is 21.0. The molecule has 54 heavy (non-hydrogen) atoms. The lowest BCUT2D eigenvalue weighted by molar-refractivity contribution is -0.233. The third-order valence-corrected chi connectivity index (χ3v) is 17.5. The van der Waals surface area contributed by atoms with E-state index in [-0.39, 0.29) is 57.3 Å². The molecule has 8 heteroatoms. The second-order valence-electron chi connectivity index (χ2n) is 21.0. The van der Waals surface area contributed by atoms with Crippen LogP contribution in [0.15, 0.2) is 35.4 Å².